The number of nitrogens with two attached hydrogens (primary N) is 1. The molecule has 10 nitrogen and oxygen atoms in total. The van der Waals surface area contributed by atoms with Gasteiger partial charge in [-0.25, -0.2) is 9.59 Å². The smallest absolute Gasteiger partial charge is 0.453 e. The third-order valence-corrected chi connectivity index (χ3v) is 6.23. The standard InChI is InChI=1S/C19H18N2O8S/c1-7(22)14-11-4-10(9-3-13(16(20)23)30-6-9)15(21(11)17(14)24)18(25)27-5-12-8(2)28-19(26)29-12/h3,6-7,11,14,22H,4-5H2,1-2H3,(H2,20,23). The summed E-state index contributed by atoms with van der Waals surface area (Å²) in [6.45, 7) is 2.67. The van der Waals surface area contributed by atoms with Gasteiger partial charge in [0.05, 0.1) is 22.9 Å². The predicted molar refractivity (Wildman–Crippen MR) is 102 cm³/mol. The van der Waals surface area contributed by atoms with E-state index in [4.69, 9.17) is 19.3 Å². The van der Waals surface area contributed by atoms with Crippen LogP contribution in [0.5, 0.6) is 0 Å². The van der Waals surface area contributed by atoms with Crippen LogP contribution in [-0.4, -0.2) is 39.9 Å². The van der Waals surface area contributed by atoms with E-state index in [9.17, 15) is 24.3 Å². The molecule has 0 spiro atoms. The van der Waals surface area contributed by atoms with Crippen LogP contribution in [0.2, 0.25) is 0 Å². The van der Waals surface area contributed by atoms with E-state index in [1.165, 1.54) is 18.7 Å². The number of carbonyl (C=O) groups excluding carboxylic acids is 3. The molecule has 2 aliphatic heterocycles. The van der Waals surface area contributed by atoms with Crippen LogP contribution in [-0.2, 0) is 20.9 Å². The Bertz CT molecular complexity index is 1140. The van der Waals surface area contributed by atoms with Crippen molar-refractivity contribution in [2.75, 3.05) is 0 Å². The normalized spacial score (nSPS) is 21.4. The zero-order chi connectivity index (χ0) is 21.7. The Morgan fingerprint density at radius 1 is 1.40 bits per heavy atom. The number of fused-ring (bicyclic) bond motifs is 1. The minimum absolute atomic E-state index is 0.0409. The number of esters is 1. The van der Waals surface area contributed by atoms with Crippen LogP contribution >= 0.6 is 11.3 Å². The highest BCUT2D eigenvalue weighted by Crippen LogP contribution is 2.47. The van der Waals surface area contributed by atoms with E-state index in [0.29, 0.717) is 22.4 Å². The Kier molecular flexibility index (Phi) is 4.86. The van der Waals surface area contributed by atoms with Crippen molar-refractivity contribution in [3.05, 3.63) is 49.7 Å². The summed E-state index contributed by atoms with van der Waals surface area (Å²) in [7, 11) is 0. The molecule has 158 valence electrons. The average molecular weight is 434 g/mol. The van der Waals surface area contributed by atoms with Crippen LogP contribution in [0.15, 0.2) is 30.8 Å². The Labute approximate surface area is 173 Å². The zero-order valence-electron chi connectivity index (χ0n) is 16.0. The number of thiophene rings is 1. The van der Waals surface area contributed by atoms with Crippen LogP contribution in [0.3, 0.4) is 0 Å². The molecule has 11 heteroatoms. The molecule has 1 saturated heterocycles. The number of hydrogen-bond acceptors (Lipinski definition) is 9. The number of ether oxygens (including phenoxy) is 1. The van der Waals surface area contributed by atoms with Gasteiger partial charge in [0.2, 0.25) is 5.91 Å². The van der Waals surface area contributed by atoms with Crippen LogP contribution in [0.1, 0.15) is 40.1 Å². The van der Waals surface area contributed by atoms with Crippen LogP contribution in [0.25, 0.3) is 5.57 Å². The van der Waals surface area contributed by atoms with Crippen molar-refractivity contribution in [1.82, 2.24) is 4.90 Å². The maximum absolute atomic E-state index is 12.9. The first-order chi connectivity index (χ1) is 14.2. The van der Waals surface area contributed by atoms with E-state index in [2.05, 4.69) is 0 Å². The van der Waals surface area contributed by atoms with Gasteiger partial charge in [-0.2, -0.15) is 0 Å². The Morgan fingerprint density at radius 3 is 2.70 bits per heavy atom. The van der Waals surface area contributed by atoms with Gasteiger partial charge >= 0.3 is 11.8 Å². The molecule has 0 radical (unpaired) electrons. The van der Waals surface area contributed by atoms with Crippen molar-refractivity contribution in [3.63, 3.8) is 0 Å². The quantitative estimate of drug-likeness (QED) is 0.499. The number of aliphatic hydroxyl groups is 1. The number of aliphatic hydroxyl groups excluding tert-OH is 1. The summed E-state index contributed by atoms with van der Waals surface area (Å²) in [4.78, 5) is 49.7. The van der Waals surface area contributed by atoms with Crippen molar-refractivity contribution >= 4 is 34.7 Å². The molecule has 1 fully saturated rings. The zero-order valence-corrected chi connectivity index (χ0v) is 16.9. The topological polar surface area (TPSA) is 153 Å². The second kappa shape index (κ2) is 7.26. The molecule has 0 aromatic carbocycles. The molecule has 0 saturated carbocycles. The second-order valence-electron chi connectivity index (χ2n) is 7.15. The molecule has 3 N–H and O–H groups in total. The molecule has 4 rings (SSSR count). The van der Waals surface area contributed by atoms with E-state index in [0.717, 1.165) is 11.3 Å². The van der Waals surface area contributed by atoms with Crippen LogP contribution < -0.4 is 11.6 Å². The summed E-state index contributed by atoms with van der Waals surface area (Å²) in [6, 6.07) is 1.17. The number of carbonyl (C=O) groups is 3. The first kappa shape index (κ1) is 20.1. The lowest BCUT2D eigenvalue weighted by molar-refractivity contribution is -0.162. The summed E-state index contributed by atoms with van der Waals surface area (Å²) < 4.78 is 14.8. The fourth-order valence-electron chi connectivity index (χ4n) is 3.85. The number of primary amides is 1. The fraction of sp³-hybridized carbons (Fsp3) is 0.368. The van der Waals surface area contributed by atoms with Crippen molar-refractivity contribution in [3.8, 4) is 0 Å². The van der Waals surface area contributed by atoms with Gasteiger partial charge in [-0.05, 0) is 42.9 Å². The van der Waals surface area contributed by atoms with Gasteiger partial charge in [-0.15, -0.1) is 11.3 Å². The summed E-state index contributed by atoms with van der Waals surface area (Å²) in [6.07, 6.45) is -0.553. The predicted octanol–water partition coefficient (Wildman–Crippen LogP) is 0.768. The molecule has 3 atom stereocenters. The third kappa shape index (κ3) is 3.15. The molecule has 30 heavy (non-hydrogen) atoms. The largest absolute Gasteiger partial charge is 0.519 e. The van der Waals surface area contributed by atoms with E-state index in [1.54, 1.807) is 11.4 Å². The second-order valence-corrected chi connectivity index (χ2v) is 8.06. The van der Waals surface area contributed by atoms with Gasteiger partial charge in [0.25, 0.3) is 5.91 Å². The minimum Gasteiger partial charge on any atom is -0.453 e. The molecule has 2 amide bonds. The highest BCUT2D eigenvalue weighted by molar-refractivity contribution is 7.12. The number of β-lactam (4-membered cyclic amide) rings is 1. The molecule has 3 unspecified atom stereocenters. The van der Waals surface area contributed by atoms with E-state index >= 15 is 0 Å². The molecule has 2 aromatic heterocycles. The number of amides is 2. The van der Waals surface area contributed by atoms with Crippen molar-refractivity contribution in [1.29, 1.82) is 0 Å². The maximum atomic E-state index is 12.9. The highest BCUT2D eigenvalue weighted by Gasteiger charge is 2.57. The molecule has 0 bridgehead atoms. The Hall–Kier alpha value is -3.18. The van der Waals surface area contributed by atoms with Crippen LogP contribution in [0.4, 0.5) is 0 Å². The summed E-state index contributed by atoms with van der Waals surface area (Å²) in [5.74, 6) is -3.06. The number of nitrogens with zero attached hydrogens (tertiary/aromatic N) is 1. The molecule has 0 aliphatic carbocycles. The van der Waals surface area contributed by atoms with E-state index in [-0.39, 0.29) is 35.8 Å². The SMILES string of the molecule is Cc1oc(=O)oc1COC(=O)C1=C(c2csc(C(N)=O)c2)CC2C(C(C)O)C(=O)N12. The first-order valence-corrected chi connectivity index (χ1v) is 9.96. The lowest BCUT2D eigenvalue weighted by atomic mass is 9.82. The van der Waals surface area contributed by atoms with E-state index < -0.39 is 29.7 Å². The maximum Gasteiger partial charge on any atom is 0.519 e. The monoisotopic (exact) mass is 434 g/mol. The highest BCUT2D eigenvalue weighted by atomic mass is 32.1. The molecular weight excluding hydrogens is 416 g/mol. The van der Waals surface area contributed by atoms with Gasteiger partial charge in [0, 0.05) is 0 Å². The van der Waals surface area contributed by atoms with Crippen LogP contribution in [0, 0.1) is 12.8 Å². The number of hydrogen-bond donors (Lipinski definition) is 2. The van der Waals surface area contributed by atoms with Gasteiger partial charge < -0.3 is 29.3 Å². The Morgan fingerprint density at radius 2 is 2.13 bits per heavy atom. The Balaban J connectivity index is 1.66. The summed E-state index contributed by atoms with van der Waals surface area (Å²) >= 11 is 1.13. The lowest BCUT2D eigenvalue weighted by Crippen LogP contribution is -2.61. The van der Waals surface area contributed by atoms with Crippen molar-refractivity contribution < 1.29 is 33.1 Å². The first-order valence-electron chi connectivity index (χ1n) is 9.08. The number of rotatable bonds is 6. The van der Waals surface area contributed by atoms with Gasteiger partial charge in [-0.1, -0.05) is 0 Å². The van der Waals surface area contributed by atoms with Crippen molar-refractivity contribution in [2.45, 2.75) is 39.0 Å². The average Bonchev–Trinajstić information content (AvgIpc) is 3.34. The van der Waals surface area contributed by atoms with Gasteiger partial charge in [0.1, 0.15) is 5.70 Å². The number of aryl methyl sites for hydroxylation is 1. The van der Waals surface area contributed by atoms with Crippen molar-refractivity contribution in [2.24, 2.45) is 11.7 Å². The van der Waals surface area contributed by atoms with Gasteiger partial charge in [0.15, 0.2) is 18.1 Å². The third-order valence-electron chi connectivity index (χ3n) is 5.28. The fourth-order valence-corrected chi connectivity index (χ4v) is 4.62. The molecule has 4 heterocycles. The lowest BCUT2D eigenvalue weighted by Gasteiger charge is -2.44. The molecule has 2 aliphatic rings. The minimum atomic E-state index is -0.908. The van der Waals surface area contributed by atoms with Gasteiger partial charge in [-0.3, -0.25) is 9.59 Å². The summed E-state index contributed by atoms with van der Waals surface area (Å²) in [5.41, 5.74) is 6.47. The molecule has 2 aromatic rings. The summed E-state index contributed by atoms with van der Waals surface area (Å²) in [5, 5.41) is 11.6. The molecular formula is C19H18N2O8S. The van der Waals surface area contributed by atoms with E-state index in [1.807, 2.05) is 0 Å².